The predicted octanol–water partition coefficient (Wildman–Crippen LogP) is 2.39. The Bertz CT molecular complexity index is 1020. The van der Waals surface area contributed by atoms with E-state index in [1.54, 1.807) is 4.90 Å². The Labute approximate surface area is 179 Å². The van der Waals surface area contributed by atoms with Crippen LogP contribution < -0.4 is 5.76 Å². The van der Waals surface area contributed by atoms with Crippen LogP contribution in [0.3, 0.4) is 0 Å². The van der Waals surface area contributed by atoms with Gasteiger partial charge in [-0.2, -0.15) is 0 Å². The SMILES string of the molecule is CC(C)CCC(=O)N1CCN(C(=O)CCCn2c(=O)oc3cc([N+](=O)[O-])ccc32)CC1. The third-order valence-electron chi connectivity index (χ3n) is 5.56. The van der Waals surface area contributed by atoms with Crippen LogP contribution in [0.15, 0.2) is 27.4 Å². The van der Waals surface area contributed by atoms with Gasteiger partial charge in [0, 0.05) is 51.6 Å². The Hall–Kier alpha value is -3.17. The van der Waals surface area contributed by atoms with Crippen LogP contribution in [0.25, 0.3) is 11.1 Å². The summed E-state index contributed by atoms with van der Waals surface area (Å²) in [5.74, 6) is 0.0243. The largest absolute Gasteiger partial charge is 0.419 e. The lowest BCUT2D eigenvalue weighted by atomic mass is 10.1. The molecule has 10 heteroatoms. The van der Waals surface area contributed by atoms with Crippen molar-refractivity contribution in [1.29, 1.82) is 0 Å². The fraction of sp³-hybridized carbons (Fsp3) is 0.571. The van der Waals surface area contributed by atoms with Crippen LogP contribution in [0.4, 0.5) is 5.69 Å². The number of carbonyl (C=O) groups is 2. The Morgan fingerprint density at radius 3 is 2.29 bits per heavy atom. The number of carbonyl (C=O) groups excluding carboxylic acids is 2. The molecule has 3 rings (SSSR count). The maximum absolute atomic E-state index is 12.5. The van der Waals surface area contributed by atoms with Crippen LogP contribution in [0, 0.1) is 16.0 Å². The quantitative estimate of drug-likeness (QED) is 0.467. The van der Waals surface area contributed by atoms with Gasteiger partial charge in [0.15, 0.2) is 5.58 Å². The lowest BCUT2D eigenvalue weighted by molar-refractivity contribution is -0.384. The van der Waals surface area contributed by atoms with Gasteiger partial charge >= 0.3 is 5.76 Å². The number of amides is 2. The summed E-state index contributed by atoms with van der Waals surface area (Å²) in [6.07, 6.45) is 2.13. The van der Waals surface area contributed by atoms with Crippen LogP contribution in [0.2, 0.25) is 0 Å². The van der Waals surface area contributed by atoms with Gasteiger partial charge < -0.3 is 14.2 Å². The van der Waals surface area contributed by atoms with Crippen molar-refractivity contribution in [3.63, 3.8) is 0 Å². The normalized spacial score (nSPS) is 14.4. The number of fused-ring (bicyclic) bond motifs is 1. The van der Waals surface area contributed by atoms with Gasteiger partial charge in [0.2, 0.25) is 11.8 Å². The Balaban J connectivity index is 1.49. The van der Waals surface area contributed by atoms with Crippen molar-refractivity contribution in [2.75, 3.05) is 26.2 Å². The molecule has 168 valence electrons. The van der Waals surface area contributed by atoms with Gasteiger partial charge in [-0.3, -0.25) is 24.3 Å². The summed E-state index contributed by atoms with van der Waals surface area (Å²) >= 11 is 0. The summed E-state index contributed by atoms with van der Waals surface area (Å²) in [5.41, 5.74) is 0.478. The summed E-state index contributed by atoms with van der Waals surface area (Å²) in [6, 6.07) is 4.02. The van der Waals surface area contributed by atoms with Gasteiger partial charge in [0.25, 0.3) is 5.69 Å². The van der Waals surface area contributed by atoms with E-state index in [1.165, 1.54) is 22.8 Å². The molecule has 1 aliphatic heterocycles. The number of nitro groups is 1. The van der Waals surface area contributed by atoms with Gasteiger partial charge in [-0.15, -0.1) is 0 Å². The number of hydrogen-bond acceptors (Lipinski definition) is 6. The predicted molar refractivity (Wildman–Crippen MR) is 114 cm³/mol. The second kappa shape index (κ2) is 9.76. The number of rotatable bonds is 8. The number of aryl methyl sites for hydroxylation is 1. The van der Waals surface area contributed by atoms with E-state index in [0.29, 0.717) is 50.5 Å². The maximum Gasteiger partial charge on any atom is 0.419 e. The molecule has 0 bridgehead atoms. The minimum atomic E-state index is -0.600. The molecule has 1 aromatic carbocycles. The molecule has 0 spiro atoms. The first-order valence-corrected chi connectivity index (χ1v) is 10.6. The van der Waals surface area contributed by atoms with E-state index in [0.717, 1.165) is 6.42 Å². The van der Waals surface area contributed by atoms with Crippen LogP contribution in [0.5, 0.6) is 0 Å². The lowest BCUT2D eigenvalue weighted by Crippen LogP contribution is -2.50. The molecule has 0 N–H and O–H groups in total. The van der Waals surface area contributed by atoms with Crippen molar-refractivity contribution in [1.82, 2.24) is 14.4 Å². The van der Waals surface area contributed by atoms with Crippen molar-refractivity contribution < 1.29 is 18.9 Å². The minimum Gasteiger partial charge on any atom is -0.407 e. The molecule has 0 saturated carbocycles. The number of benzene rings is 1. The van der Waals surface area contributed by atoms with Crippen LogP contribution in [-0.2, 0) is 16.1 Å². The molecule has 1 aliphatic rings. The third kappa shape index (κ3) is 5.50. The van der Waals surface area contributed by atoms with Gasteiger partial charge in [0.1, 0.15) is 0 Å². The van der Waals surface area contributed by atoms with Crippen LogP contribution in [-0.4, -0.2) is 57.3 Å². The highest BCUT2D eigenvalue weighted by Gasteiger charge is 2.24. The molecule has 31 heavy (non-hydrogen) atoms. The summed E-state index contributed by atoms with van der Waals surface area (Å²) in [4.78, 5) is 50.7. The molecule has 1 aromatic heterocycles. The fourth-order valence-corrected chi connectivity index (χ4v) is 3.70. The molecule has 2 amide bonds. The highest BCUT2D eigenvalue weighted by Crippen LogP contribution is 2.20. The van der Waals surface area contributed by atoms with Crippen LogP contribution >= 0.6 is 0 Å². The van der Waals surface area contributed by atoms with Gasteiger partial charge in [0.05, 0.1) is 16.5 Å². The monoisotopic (exact) mass is 432 g/mol. The van der Waals surface area contributed by atoms with Crippen molar-refractivity contribution >= 4 is 28.6 Å². The summed E-state index contributed by atoms with van der Waals surface area (Å²) in [7, 11) is 0. The van der Waals surface area contributed by atoms with E-state index in [-0.39, 0.29) is 36.1 Å². The molecule has 0 aliphatic carbocycles. The first-order valence-electron chi connectivity index (χ1n) is 10.6. The molecule has 1 fully saturated rings. The van der Waals surface area contributed by atoms with E-state index < -0.39 is 10.7 Å². The van der Waals surface area contributed by atoms with Gasteiger partial charge in [-0.1, -0.05) is 13.8 Å². The molecule has 2 heterocycles. The van der Waals surface area contributed by atoms with E-state index in [2.05, 4.69) is 13.8 Å². The third-order valence-corrected chi connectivity index (χ3v) is 5.56. The fourth-order valence-electron chi connectivity index (χ4n) is 3.70. The second-order valence-electron chi connectivity index (χ2n) is 8.23. The minimum absolute atomic E-state index is 0.00855. The highest BCUT2D eigenvalue weighted by molar-refractivity contribution is 5.78. The maximum atomic E-state index is 12.5. The number of non-ortho nitro benzene ring substituents is 1. The van der Waals surface area contributed by atoms with Gasteiger partial charge in [-0.05, 0) is 24.8 Å². The summed E-state index contributed by atoms with van der Waals surface area (Å²) < 4.78 is 6.49. The Kier molecular flexibility index (Phi) is 7.09. The lowest BCUT2D eigenvalue weighted by Gasteiger charge is -2.35. The zero-order valence-electron chi connectivity index (χ0n) is 17.9. The number of hydrogen-bond donors (Lipinski definition) is 0. The topological polar surface area (TPSA) is 119 Å². The van der Waals surface area contributed by atoms with Gasteiger partial charge in [-0.25, -0.2) is 4.79 Å². The van der Waals surface area contributed by atoms with E-state index in [4.69, 9.17) is 4.42 Å². The molecular weight excluding hydrogens is 404 g/mol. The molecule has 1 saturated heterocycles. The smallest absolute Gasteiger partial charge is 0.407 e. The molecule has 0 unspecified atom stereocenters. The van der Waals surface area contributed by atoms with E-state index in [1.807, 2.05) is 4.90 Å². The molecular formula is C21H28N4O6. The first-order chi connectivity index (χ1) is 14.8. The number of aromatic nitrogens is 1. The number of oxazole rings is 1. The number of nitro benzene ring substituents is 1. The standard InChI is InChI=1S/C21H28N4O6/c1-15(2)5-8-20(27)23-12-10-22(11-13-23)19(26)4-3-9-24-17-7-6-16(25(29)30)14-18(17)31-21(24)28/h6-7,14-15H,3-5,8-13H2,1-2H3. The molecule has 0 radical (unpaired) electrons. The van der Waals surface area contributed by atoms with Crippen molar-refractivity contribution in [3.8, 4) is 0 Å². The molecule has 0 atom stereocenters. The van der Waals surface area contributed by atoms with Crippen molar-refractivity contribution in [2.24, 2.45) is 5.92 Å². The Morgan fingerprint density at radius 2 is 1.71 bits per heavy atom. The second-order valence-corrected chi connectivity index (χ2v) is 8.23. The average molecular weight is 432 g/mol. The number of nitrogens with zero attached hydrogens (tertiary/aromatic N) is 4. The average Bonchev–Trinajstić information content (AvgIpc) is 3.06. The summed E-state index contributed by atoms with van der Waals surface area (Å²) in [5, 5.41) is 10.9. The molecule has 2 aromatic rings. The zero-order chi connectivity index (χ0) is 22.5. The summed E-state index contributed by atoms with van der Waals surface area (Å²) in [6.45, 7) is 6.60. The van der Waals surface area contributed by atoms with Crippen LogP contribution in [0.1, 0.15) is 39.5 Å². The van der Waals surface area contributed by atoms with Crippen molar-refractivity contribution in [3.05, 3.63) is 38.9 Å². The van der Waals surface area contributed by atoms with Crippen molar-refractivity contribution in [2.45, 2.75) is 46.1 Å². The highest BCUT2D eigenvalue weighted by atomic mass is 16.6. The van der Waals surface area contributed by atoms with E-state index in [9.17, 15) is 24.5 Å². The zero-order valence-corrected chi connectivity index (χ0v) is 17.9. The molecule has 10 nitrogen and oxygen atoms in total. The first kappa shape index (κ1) is 22.5. The number of piperazine rings is 1. The Morgan fingerprint density at radius 1 is 1.10 bits per heavy atom. The van der Waals surface area contributed by atoms with E-state index >= 15 is 0 Å².